The number of carbonyl (C=O) groups excluding carboxylic acids is 3. The van der Waals surface area contributed by atoms with Gasteiger partial charge in [0, 0.05) is 6.54 Å². The van der Waals surface area contributed by atoms with Crippen molar-refractivity contribution in [3.63, 3.8) is 0 Å². The molecule has 1 heterocycles. The predicted octanol–water partition coefficient (Wildman–Crippen LogP) is 3.48. The van der Waals surface area contributed by atoms with Gasteiger partial charge in [0.15, 0.2) is 0 Å². The fourth-order valence-corrected chi connectivity index (χ4v) is 3.05. The molecule has 0 bridgehead atoms. The summed E-state index contributed by atoms with van der Waals surface area (Å²) < 4.78 is 10.5. The van der Waals surface area contributed by atoms with E-state index in [0.717, 1.165) is 0 Å². The fourth-order valence-electron chi connectivity index (χ4n) is 3.05. The van der Waals surface area contributed by atoms with E-state index in [1.54, 1.807) is 61.7 Å². The highest BCUT2D eigenvalue weighted by molar-refractivity contribution is 6.21. The molecule has 28 heavy (non-hydrogen) atoms. The number of benzene rings is 2. The number of carbonyl (C=O) groups is 3. The Morgan fingerprint density at radius 1 is 1.07 bits per heavy atom. The summed E-state index contributed by atoms with van der Waals surface area (Å²) in [5.74, 6) is -0.386. The monoisotopic (exact) mass is 379 g/mol. The normalized spacial score (nSPS) is 13.8. The van der Waals surface area contributed by atoms with E-state index in [0.29, 0.717) is 35.3 Å². The molecule has 0 aliphatic carbocycles. The van der Waals surface area contributed by atoms with E-state index in [1.165, 1.54) is 4.90 Å². The second-order valence-electron chi connectivity index (χ2n) is 6.36. The Labute approximate surface area is 163 Å². The van der Waals surface area contributed by atoms with Crippen LogP contribution in [0.2, 0.25) is 0 Å². The topological polar surface area (TPSA) is 72.9 Å². The highest BCUT2D eigenvalue weighted by Gasteiger charge is 2.34. The molecule has 0 radical (unpaired) electrons. The van der Waals surface area contributed by atoms with Crippen LogP contribution < -0.4 is 4.74 Å². The number of fused-ring (bicyclic) bond motifs is 1. The van der Waals surface area contributed by atoms with Crippen molar-refractivity contribution >= 4 is 17.8 Å². The lowest BCUT2D eigenvalue weighted by atomic mass is 10.1. The van der Waals surface area contributed by atoms with Crippen LogP contribution in [0.3, 0.4) is 0 Å². The third kappa shape index (κ3) is 3.96. The number of amides is 2. The first-order valence-electron chi connectivity index (χ1n) is 8.98. The number of imide groups is 1. The Hall–Kier alpha value is -3.41. The standard InChI is InChI=1S/C22H21NO5/c1-3-16(28-22(26)15-10-12-17(27-2)13-11-15)7-6-14-23-20(24)18-8-4-5-9-19(18)21(23)25/h3-5,8-13,16H,1,6-7,14H2,2H3/t16-/m1/s1. The molecule has 0 saturated carbocycles. The summed E-state index contributed by atoms with van der Waals surface area (Å²) in [7, 11) is 1.55. The molecule has 0 aromatic heterocycles. The molecule has 0 N–H and O–H groups in total. The minimum absolute atomic E-state index is 0.261. The number of methoxy groups -OCH3 is 1. The third-order valence-electron chi connectivity index (χ3n) is 4.60. The van der Waals surface area contributed by atoms with E-state index in [1.807, 2.05) is 0 Å². The Morgan fingerprint density at radius 3 is 2.21 bits per heavy atom. The van der Waals surface area contributed by atoms with Crippen LogP contribution in [0, 0.1) is 0 Å². The van der Waals surface area contributed by atoms with Gasteiger partial charge in [0.1, 0.15) is 11.9 Å². The highest BCUT2D eigenvalue weighted by Crippen LogP contribution is 2.23. The van der Waals surface area contributed by atoms with Crippen molar-refractivity contribution < 1.29 is 23.9 Å². The third-order valence-corrected chi connectivity index (χ3v) is 4.60. The van der Waals surface area contributed by atoms with Crippen LogP contribution in [0.4, 0.5) is 0 Å². The molecule has 3 rings (SSSR count). The maximum absolute atomic E-state index is 12.4. The first kappa shape index (κ1) is 19.4. The summed E-state index contributed by atoms with van der Waals surface area (Å²) in [6, 6.07) is 13.4. The molecule has 0 spiro atoms. The summed E-state index contributed by atoms with van der Waals surface area (Å²) in [6.07, 6.45) is 1.99. The second-order valence-corrected chi connectivity index (χ2v) is 6.36. The van der Waals surface area contributed by atoms with Crippen LogP contribution in [0.5, 0.6) is 5.75 Å². The summed E-state index contributed by atoms with van der Waals surface area (Å²) in [6.45, 7) is 3.96. The molecule has 2 aromatic rings. The molecule has 144 valence electrons. The van der Waals surface area contributed by atoms with E-state index in [9.17, 15) is 14.4 Å². The van der Waals surface area contributed by atoms with Gasteiger partial charge in [-0.15, -0.1) is 0 Å². The molecule has 6 nitrogen and oxygen atoms in total. The van der Waals surface area contributed by atoms with Crippen molar-refractivity contribution in [2.75, 3.05) is 13.7 Å². The van der Waals surface area contributed by atoms with Gasteiger partial charge < -0.3 is 9.47 Å². The highest BCUT2D eigenvalue weighted by atomic mass is 16.5. The largest absolute Gasteiger partial charge is 0.497 e. The van der Waals surface area contributed by atoms with Gasteiger partial charge in [0.25, 0.3) is 11.8 Å². The van der Waals surface area contributed by atoms with E-state index in [-0.39, 0.29) is 18.4 Å². The van der Waals surface area contributed by atoms with Gasteiger partial charge in [-0.2, -0.15) is 0 Å². The molecular weight excluding hydrogens is 358 g/mol. The molecule has 6 heteroatoms. The zero-order chi connectivity index (χ0) is 20.1. The smallest absolute Gasteiger partial charge is 0.338 e. The van der Waals surface area contributed by atoms with E-state index >= 15 is 0 Å². The zero-order valence-electron chi connectivity index (χ0n) is 15.6. The number of esters is 1. The van der Waals surface area contributed by atoms with Crippen molar-refractivity contribution in [2.24, 2.45) is 0 Å². The number of ether oxygens (including phenoxy) is 2. The molecule has 2 aromatic carbocycles. The minimum atomic E-state index is -0.509. The first-order valence-corrected chi connectivity index (χ1v) is 8.98. The van der Waals surface area contributed by atoms with Crippen LogP contribution in [0.15, 0.2) is 61.2 Å². The van der Waals surface area contributed by atoms with Crippen LogP contribution in [0.1, 0.15) is 43.9 Å². The number of nitrogens with zero attached hydrogens (tertiary/aromatic N) is 1. The lowest BCUT2D eigenvalue weighted by Gasteiger charge is -2.17. The van der Waals surface area contributed by atoms with Gasteiger partial charge in [-0.05, 0) is 49.2 Å². The lowest BCUT2D eigenvalue weighted by molar-refractivity contribution is 0.0366. The van der Waals surface area contributed by atoms with Gasteiger partial charge in [-0.25, -0.2) is 4.79 Å². The van der Waals surface area contributed by atoms with Crippen LogP contribution >= 0.6 is 0 Å². The van der Waals surface area contributed by atoms with Gasteiger partial charge in [-0.3, -0.25) is 14.5 Å². The molecule has 1 aliphatic rings. The summed E-state index contributed by atoms with van der Waals surface area (Å²) >= 11 is 0. The van der Waals surface area contributed by atoms with Crippen molar-refractivity contribution in [3.05, 3.63) is 77.9 Å². The number of hydrogen-bond acceptors (Lipinski definition) is 5. The fraction of sp³-hybridized carbons (Fsp3) is 0.227. The Bertz CT molecular complexity index is 868. The second kappa shape index (κ2) is 8.52. The van der Waals surface area contributed by atoms with E-state index < -0.39 is 12.1 Å². The molecule has 1 aliphatic heterocycles. The van der Waals surface area contributed by atoms with Gasteiger partial charge in [0.2, 0.25) is 0 Å². The minimum Gasteiger partial charge on any atom is -0.497 e. The van der Waals surface area contributed by atoms with Crippen LogP contribution in [-0.4, -0.2) is 42.4 Å². The summed E-state index contributed by atoms with van der Waals surface area (Å²) in [5.41, 5.74) is 1.27. The van der Waals surface area contributed by atoms with Crippen molar-refractivity contribution in [3.8, 4) is 5.75 Å². The van der Waals surface area contributed by atoms with Gasteiger partial charge in [-0.1, -0.05) is 24.8 Å². The Kier molecular flexibility index (Phi) is 5.89. The van der Waals surface area contributed by atoms with Crippen LogP contribution in [-0.2, 0) is 4.74 Å². The van der Waals surface area contributed by atoms with E-state index in [4.69, 9.17) is 9.47 Å². The molecule has 2 amide bonds. The SMILES string of the molecule is C=C[C@H](CCCN1C(=O)c2ccccc2C1=O)OC(=O)c1ccc(OC)cc1. The summed E-state index contributed by atoms with van der Waals surface area (Å²) in [5, 5.41) is 0. The first-order chi connectivity index (χ1) is 13.5. The van der Waals surface area contributed by atoms with Gasteiger partial charge >= 0.3 is 5.97 Å². The Balaban J connectivity index is 1.53. The number of rotatable bonds is 8. The maximum Gasteiger partial charge on any atom is 0.338 e. The molecule has 0 saturated heterocycles. The Morgan fingerprint density at radius 2 is 1.68 bits per heavy atom. The molecule has 1 atom stereocenters. The quantitative estimate of drug-likeness (QED) is 0.399. The predicted molar refractivity (Wildman–Crippen MR) is 103 cm³/mol. The average molecular weight is 379 g/mol. The number of hydrogen-bond donors (Lipinski definition) is 0. The van der Waals surface area contributed by atoms with Crippen molar-refractivity contribution in [1.82, 2.24) is 4.90 Å². The molecular formula is C22H21NO5. The molecule has 0 unspecified atom stereocenters. The van der Waals surface area contributed by atoms with Gasteiger partial charge in [0.05, 0.1) is 23.8 Å². The maximum atomic E-state index is 12.4. The van der Waals surface area contributed by atoms with E-state index in [2.05, 4.69) is 6.58 Å². The van der Waals surface area contributed by atoms with Crippen LogP contribution in [0.25, 0.3) is 0 Å². The molecule has 0 fully saturated rings. The zero-order valence-corrected chi connectivity index (χ0v) is 15.6. The van der Waals surface area contributed by atoms with Crippen molar-refractivity contribution in [1.29, 1.82) is 0 Å². The summed E-state index contributed by atoms with van der Waals surface area (Å²) in [4.78, 5) is 38.2. The van der Waals surface area contributed by atoms with Crippen molar-refractivity contribution in [2.45, 2.75) is 18.9 Å². The lowest BCUT2D eigenvalue weighted by Crippen LogP contribution is -2.31. The average Bonchev–Trinajstić information content (AvgIpc) is 2.98.